The van der Waals surface area contributed by atoms with Gasteiger partial charge in [-0.15, -0.1) is 0 Å². The molecule has 5 rings (SSSR count). The van der Waals surface area contributed by atoms with Crippen LogP contribution in [0, 0.1) is 0 Å². The van der Waals surface area contributed by atoms with Gasteiger partial charge in [-0.05, 0) is 50.5 Å². The molecule has 1 aromatic carbocycles. The van der Waals surface area contributed by atoms with Gasteiger partial charge in [0.1, 0.15) is 28.8 Å². The summed E-state index contributed by atoms with van der Waals surface area (Å²) >= 11 is 0. The molecule has 3 aromatic heterocycles. The summed E-state index contributed by atoms with van der Waals surface area (Å²) in [7, 11) is 1.61. The average Bonchev–Trinajstić information content (AvgIpc) is 3.49. The van der Waals surface area contributed by atoms with E-state index in [1.54, 1.807) is 25.4 Å². The van der Waals surface area contributed by atoms with Crippen LogP contribution in [0.15, 0.2) is 64.3 Å². The summed E-state index contributed by atoms with van der Waals surface area (Å²) in [5, 5.41) is 10.6. The molecule has 0 saturated carbocycles. The van der Waals surface area contributed by atoms with Crippen molar-refractivity contribution in [3.05, 3.63) is 76.5 Å². The van der Waals surface area contributed by atoms with E-state index in [9.17, 15) is 14.7 Å². The molecule has 1 N–H and O–H groups in total. The van der Waals surface area contributed by atoms with Gasteiger partial charge in [-0.25, -0.2) is 14.8 Å². The summed E-state index contributed by atoms with van der Waals surface area (Å²) in [6, 6.07) is 11.2. The van der Waals surface area contributed by atoms with Crippen molar-refractivity contribution in [2.75, 3.05) is 20.3 Å². The summed E-state index contributed by atoms with van der Waals surface area (Å²) < 4.78 is 24.4. The number of methoxy groups -OCH3 is 1. The van der Waals surface area contributed by atoms with E-state index in [0.29, 0.717) is 42.0 Å². The van der Waals surface area contributed by atoms with Crippen LogP contribution in [0.1, 0.15) is 43.9 Å². The number of hydrogen-bond donors (Lipinski definition) is 1. The van der Waals surface area contributed by atoms with Crippen LogP contribution in [-0.2, 0) is 26.2 Å². The summed E-state index contributed by atoms with van der Waals surface area (Å²) in [6.45, 7) is 4.22. The number of rotatable bonds is 9. The number of nitrogens with zero attached hydrogens (tertiary/aromatic N) is 3. The molecule has 0 unspecified atom stereocenters. The number of carboxylic acids is 1. The second-order valence-electron chi connectivity index (χ2n) is 10.0. The lowest BCUT2D eigenvalue weighted by molar-refractivity contribution is -0.145. The minimum Gasteiger partial charge on any atom is -0.496 e. The molecular weight excluding hydrogens is 502 g/mol. The zero-order valence-electron chi connectivity index (χ0n) is 22.1. The fraction of sp³-hybridized carbons (Fsp3) is 0.379. The second kappa shape index (κ2) is 11.0. The van der Waals surface area contributed by atoms with E-state index in [0.717, 1.165) is 18.4 Å². The van der Waals surface area contributed by atoms with Gasteiger partial charge >= 0.3 is 5.97 Å². The Morgan fingerprint density at radius 3 is 2.67 bits per heavy atom. The number of para-hydroxylation sites is 1. The molecule has 0 aliphatic carbocycles. The first-order chi connectivity index (χ1) is 18.8. The van der Waals surface area contributed by atoms with Gasteiger partial charge in [0.25, 0.3) is 5.56 Å². The third-order valence-electron chi connectivity index (χ3n) is 7.14. The lowest BCUT2D eigenvalue weighted by Crippen LogP contribution is -2.43. The standard InChI is InChI=1S/C29H31N3O7/c1-29(2,28(34)35)32-17-18(20-8-9-22(26-30-12-15-38-26)31-25(20)27(32)33)16-24(39-19-10-13-37-14-11-19)21-6-4-5-7-23(21)36-3/h4-9,12,15,17,19,24H,10-11,13-14,16H2,1-3H3,(H,34,35)/t24-/m0/s1. The van der Waals surface area contributed by atoms with Crippen LogP contribution in [0.25, 0.3) is 22.5 Å². The molecule has 1 fully saturated rings. The van der Waals surface area contributed by atoms with Crippen LogP contribution in [0.4, 0.5) is 0 Å². The van der Waals surface area contributed by atoms with Crippen LogP contribution >= 0.6 is 0 Å². The molecule has 4 aromatic rings. The van der Waals surface area contributed by atoms with Gasteiger partial charge in [0.05, 0.1) is 25.5 Å². The van der Waals surface area contributed by atoms with E-state index in [1.807, 2.05) is 24.3 Å². The number of carboxylic acid groups (broad SMARTS) is 1. The lowest BCUT2D eigenvalue weighted by atomic mass is 9.96. The summed E-state index contributed by atoms with van der Waals surface area (Å²) in [5.74, 6) is -0.193. The van der Waals surface area contributed by atoms with Gasteiger partial charge in [-0.1, -0.05) is 18.2 Å². The maximum Gasteiger partial charge on any atom is 0.329 e. The number of oxazole rings is 1. The molecule has 204 valence electrons. The lowest BCUT2D eigenvalue weighted by Gasteiger charge is -2.30. The Morgan fingerprint density at radius 1 is 1.21 bits per heavy atom. The molecule has 0 spiro atoms. The molecular formula is C29H31N3O7. The monoisotopic (exact) mass is 533 g/mol. The van der Waals surface area contributed by atoms with Gasteiger partial charge < -0.3 is 23.7 Å². The number of carbonyl (C=O) groups is 1. The Balaban J connectivity index is 1.67. The maximum atomic E-state index is 13.6. The first-order valence-electron chi connectivity index (χ1n) is 12.8. The van der Waals surface area contributed by atoms with Crippen LogP contribution < -0.4 is 10.3 Å². The number of aliphatic carboxylic acids is 1. The van der Waals surface area contributed by atoms with Crippen molar-refractivity contribution in [2.45, 2.75) is 50.9 Å². The molecule has 1 saturated heterocycles. The van der Waals surface area contributed by atoms with Crippen LogP contribution in [-0.4, -0.2) is 52.0 Å². The van der Waals surface area contributed by atoms with Crippen molar-refractivity contribution in [3.8, 4) is 17.3 Å². The van der Waals surface area contributed by atoms with Gasteiger partial charge in [0, 0.05) is 36.8 Å². The largest absolute Gasteiger partial charge is 0.496 e. The third kappa shape index (κ3) is 5.30. The quantitative estimate of drug-likeness (QED) is 0.334. The number of hydrogen-bond acceptors (Lipinski definition) is 8. The molecule has 0 amide bonds. The van der Waals surface area contributed by atoms with E-state index in [1.165, 1.54) is 30.9 Å². The molecule has 10 nitrogen and oxygen atoms in total. The molecule has 0 bridgehead atoms. The summed E-state index contributed by atoms with van der Waals surface area (Å²) in [4.78, 5) is 34.6. The zero-order chi connectivity index (χ0) is 27.6. The number of fused-ring (bicyclic) bond motifs is 1. The Hall–Kier alpha value is -4.02. The van der Waals surface area contributed by atoms with E-state index >= 15 is 0 Å². The predicted molar refractivity (Wildman–Crippen MR) is 143 cm³/mol. The summed E-state index contributed by atoms with van der Waals surface area (Å²) in [6.07, 6.45) is 5.96. The number of pyridine rings is 2. The van der Waals surface area contributed by atoms with Gasteiger partial charge in [-0.3, -0.25) is 9.36 Å². The number of aromatic nitrogens is 3. The maximum absolute atomic E-state index is 13.6. The fourth-order valence-electron chi connectivity index (χ4n) is 4.84. The zero-order valence-corrected chi connectivity index (χ0v) is 22.1. The van der Waals surface area contributed by atoms with Gasteiger partial charge in [0.2, 0.25) is 5.89 Å². The normalized spacial score (nSPS) is 15.4. The number of ether oxygens (including phenoxy) is 3. The van der Waals surface area contributed by atoms with E-state index in [4.69, 9.17) is 18.6 Å². The number of benzene rings is 1. The van der Waals surface area contributed by atoms with Crippen molar-refractivity contribution in [1.29, 1.82) is 0 Å². The highest BCUT2D eigenvalue weighted by Gasteiger charge is 2.33. The summed E-state index contributed by atoms with van der Waals surface area (Å²) in [5.41, 5.74) is 0.0344. The van der Waals surface area contributed by atoms with Crippen molar-refractivity contribution >= 4 is 16.9 Å². The van der Waals surface area contributed by atoms with Crippen LogP contribution in [0.3, 0.4) is 0 Å². The van der Waals surface area contributed by atoms with E-state index in [-0.39, 0.29) is 17.5 Å². The first-order valence-corrected chi connectivity index (χ1v) is 12.8. The third-order valence-corrected chi connectivity index (χ3v) is 7.14. The van der Waals surface area contributed by atoms with Crippen LogP contribution in [0.5, 0.6) is 5.75 Å². The Bertz CT molecular complexity index is 1520. The van der Waals surface area contributed by atoms with Gasteiger partial charge in [-0.2, -0.15) is 0 Å². The Kier molecular flexibility index (Phi) is 7.49. The molecule has 0 radical (unpaired) electrons. The molecule has 4 heterocycles. The molecule has 1 aliphatic rings. The first kappa shape index (κ1) is 26.6. The highest BCUT2D eigenvalue weighted by molar-refractivity contribution is 5.84. The highest BCUT2D eigenvalue weighted by Crippen LogP contribution is 2.35. The van der Waals surface area contributed by atoms with Crippen molar-refractivity contribution in [2.24, 2.45) is 0 Å². The van der Waals surface area contributed by atoms with Crippen LogP contribution in [0.2, 0.25) is 0 Å². The molecule has 1 aliphatic heterocycles. The van der Waals surface area contributed by atoms with E-state index in [2.05, 4.69) is 9.97 Å². The van der Waals surface area contributed by atoms with Crippen molar-refractivity contribution in [3.63, 3.8) is 0 Å². The molecule has 1 atom stereocenters. The average molecular weight is 534 g/mol. The SMILES string of the molecule is COc1ccccc1[C@H](Cc1cn(C(C)(C)C(=O)O)c(=O)c2nc(-c3ncco3)ccc12)OC1CCOCC1. The smallest absolute Gasteiger partial charge is 0.329 e. The van der Waals surface area contributed by atoms with E-state index < -0.39 is 23.2 Å². The minimum absolute atomic E-state index is 0.0175. The molecule has 39 heavy (non-hydrogen) atoms. The fourth-order valence-corrected chi connectivity index (χ4v) is 4.84. The second-order valence-corrected chi connectivity index (χ2v) is 10.0. The van der Waals surface area contributed by atoms with Crippen molar-refractivity contribution in [1.82, 2.24) is 14.5 Å². The topological polar surface area (TPSA) is 126 Å². The Labute approximate surface area is 225 Å². The highest BCUT2D eigenvalue weighted by atomic mass is 16.5. The van der Waals surface area contributed by atoms with Crippen molar-refractivity contribution < 1.29 is 28.5 Å². The van der Waals surface area contributed by atoms with Gasteiger partial charge in [0.15, 0.2) is 0 Å². The Morgan fingerprint density at radius 2 is 1.97 bits per heavy atom. The minimum atomic E-state index is -1.53. The predicted octanol–water partition coefficient (Wildman–Crippen LogP) is 4.36. The molecule has 10 heteroatoms.